The Morgan fingerprint density at radius 2 is 2.25 bits per heavy atom. The summed E-state index contributed by atoms with van der Waals surface area (Å²) in [6, 6.07) is 7.67. The van der Waals surface area contributed by atoms with Crippen LogP contribution in [0.4, 0.5) is 0 Å². The molecule has 20 heavy (non-hydrogen) atoms. The van der Waals surface area contributed by atoms with Crippen LogP contribution in [-0.4, -0.2) is 17.3 Å². The molecule has 1 unspecified atom stereocenters. The van der Waals surface area contributed by atoms with E-state index in [1.165, 1.54) is 0 Å². The SMILES string of the molecule is CC1(C)CC(O)c2ccc(OCCCCC#N)cc2O1. The lowest BCUT2D eigenvalue weighted by atomic mass is 9.92. The number of aliphatic hydroxyl groups is 1. The Balaban J connectivity index is 1.99. The highest BCUT2D eigenvalue weighted by molar-refractivity contribution is 5.43. The number of unbranched alkanes of at least 4 members (excludes halogenated alkanes) is 2. The summed E-state index contributed by atoms with van der Waals surface area (Å²) in [5.74, 6) is 1.44. The molecule has 1 aliphatic rings. The summed E-state index contributed by atoms with van der Waals surface area (Å²) in [6.45, 7) is 4.52. The molecule has 1 aromatic carbocycles. The maximum absolute atomic E-state index is 10.1. The van der Waals surface area contributed by atoms with E-state index in [9.17, 15) is 5.11 Å². The topological polar surface area (TPSA) is 62.5 Å². The van der Waals surface area contributed by atoms with E-state index >= 15 is 0 Å². The fourth-order valence-electron chi connectivity index (χ4n) is 2.38. The summed E-state index contributed by atoms with van der Waals surface area (Å²) in [5.41, 5.74) is 0.457. The quantitative estimate of drug-likeness (QED) is 0.837. The molecule has 0 fully saturated rings. The molecule has 2 rings (SSSR count). The lowest BCUT2D eigenvalue weighted by Gasteiger charge is -2.35. The standard InChI is InChI=1S/C16H21NO3/c1-16(2)11-14(18)13-7-6-12(10-15(13)20-16)19-9-5-3-4-8-17/h6-7,10,14,18H,3-5,9,11H2,1-2H3. The van der Waals surface area contributed by atoms with Crippen LogP contribution in [0, 0.1) is 11.3 Å². The Hall–Kier alpha value is -1.73. The first kappa shape index (κ1) is 14.7. The summed E-state index contributed by atoms with van der Waals surface area (Å²) in [4.78, 5) is 0. The van der Waals surface area contributed by atoms with Gasteiger partial charge in [0.15, 0.2) is 0 Å². The number of nitriles is 1. The van der Waals surface area contributed by atoms with Gasteiger partial charge in [-0.15, -0.1) is 0 Å². The van der Waals surface area contributed by atoms with Gasteiger partial charge in [0.05, 0.1) is 18.8 Å². The number of aliphatic hydroxyl groups excluding tert-OH is 1. The third-order valence-corrected chi connectivity index (χ3v) is 3.37. The zero-order valence-electron chi connectivity index (χ0n) is 12.1. The fraction of sp³-hybridized carbons (Fsp3) is 0.562. The molecule has 108 valence electrons. The minimum Gasteiger partial charge on any atom is -0.493 e. The zero-order valence-corrected chi connectivity index (χ0v) is 12.1. The molecule has 0 saturated carbocycles. The van der Waals surface area contributed by atoms with Crippen molar-refractivity contribution >= 4 is 0 Å². The Bertz CT molecular complexity index is 505. The Kier molecular flexibility index (Phi) is 4.51. The lowest BCUT2D eigenvalue weighted by molar-refractivity contribution is 0.0113. The number of ether oxygens (including phenoxy) is 2. The van der Waals surface area contributed by atoms with E-state index in [1.807, 2.05) is 32.0 Å². The monoisotopic (exact) mass is 275 g/mol. The third-order valence-electron chi connectivity index (χ3n) is 3.37. The van der Waals surface area contributed by atoms with Crippen molar-refractivity contribution in [3.63, 3.8) is 0 Å². The van der Waals surface area contributed by atoms with Crippen LogP contribution in [-0.2, 0) is 0 Å². The van der Waals surface area contributed by atoms with Gasteiger partial charge >= 0.3 is 0 Å². The van der Waals surface area contributed by atoms with Gasteiger partial charge in [-0.3, -0.25) is 0 Å². The summed E-state index contributed by atoms with van der Waals surface area (Å²) >= 11 is 0. The second-order valence-corrected chi connectivity index (χ2v) is 5.74. The molecule has 0 amide bonds. The highest BCUT2D eigenvalue weighted by Crippen LogP contribution is 2.41. The van der Waals surface area contributed by atoms with Gasteiger partial charge in [-0.05, 0) is 38.8 Å². The number of hydrogen-bond acceptors (Lipinski definition) is 4. The normalized spacial score (nSPS) is 19.6. The van der Waals surface area contributed by atoms with Crippen molar-refractivity contribution in [2.75, 3.05) is 6.61 Å². The molecule has 1 aromatic rings. The summed E-state index contributed by atoms with van der Waals surface area (Å²) in [6.07, 6.45) is 2.38. The van der Waals surface area contributed by atoms with E-state index in [0.29, 0.717) is 25.2 Å². The van der Waals surface area contributed by atoms with Crippen LogP contribution in [0.1, 0.15) is 51.2 Å². The molecule has 0 saturated heterocycles. The van der Waals surface area contributed by atoms with Gasteiger partial charge in [-0.1, -0.05) is 0 Å². The molecule has 4 heteroatoms. The van der Waals surface area contributed by atoms with Crippen LogP contribution >= 0.6 is 0 Å². The second-order valence-electron chi connectivity index (χ2n) is 5.74. The minimum atomic E-state index is -0.488. The Labute approximate surface area is 119 Å². The van der Waals surface area contributed by atoms with Crippen LogP contribution in [0.2, 0.25) is 0 Å². The van der Waals surface area contributed by atoms with E-state index in [-0.39, 0.29) is 5.60 Å². The maximum atomic E-state index is 10.1. The van der Waals surface area contributed by atoms with Gasteiger partial charge in [0.25, 0.3) is 0 Å². The highest BCUT2D eigenvalue weighted by atomic mass is 16.5. The predicted molar refractivity (Wildman–Crippen MR) is 75.7 cm³/mol. The summed E-state index contributed by atoms with van der Waals surface area (Å²) in [7, 11) is 0. The molecular weight excluding hydrogens is 254 g/mol. The van der Waals surface area contributed by atoms with Crippen LogP contribution in [0.15, 0.2) is 18.2 Å². The molecule has 0 bridgehead atoms. The van der Waals surface area contributed by atoms with E-state index in [1.54, 1.807) is 0 Å². The molecule has 0 aromatic heterocycles. The van der Waals surface area contributed by atoms with Crippen molar-refractivity contribution in [3.05, 3.63) is 23.8 Å². The Morgan fingerprint density at radius 3 is 3.00 bits per heavy atom. The molecule has 1 N–H and O–H groups in total. The number of nitrogens with zero attached hydrogens (tertiary/aromatic N) is 1. The maximum Gasteiger partial charge on any atom is 0.129 e. The first-order valence-electron chi connectivity index (χ1n) is 7.02. The van der Waals surface area contributed by atoms with Crippen molar-refractivity contribution in [2.45, 2.75) is 51.2 Å². The van der Waals surface area contributed by atoms with Gasteiger partial charge < -0.3 is 14.6 Å². The van der Waals surface area contributed by atoms with Gasteiger partial charge in [0.2, 0.25) is 0 Å². The summed E-state index contributed by atoms with van der Waals surface area (Å²) < 4.78 is 11.5. The number of rotatable bonds is 5. The second kappa shape index (κ2) is 6.15. The highest BCUT2D eigenvalue weighted by Gasteiger charge is 2.32. The number of fused-ring (bicyclic) bond motifs is 1. The van der Waals surface area contributed by atoms with E-state index in [2.05, 4.69) is 6.07 Å². The van der Waals surface area contributed by atoms with Crippen molar-refractivity contribution in [2.24, 2.45) is 0 Å². The van der Waals surface area contributed by atoms with Gasteiger partial charge in [-0.2, -0.15) is 5.26 Å². The van der Waals surface area contributed by atoms with E-state index in [0.717, 1.165) is 24.2 Å². The molecule has 1 heterocycles. The minimum absolute atomic E-state index is 0.363. The number of benzene rings is 1. The lowest BCUT2D eigenvalue weighted by Crippen LogP contribution is -2.34. The van der Waals surface area contributed by atoms with E-state index in [4.69, 9.17) is 14.7 Å². The summed E-state index contributed by atoms with van der Waals surface area (Å²) in [5, 5.41) is 18.6. The van der Waals surface area contributed by atoms with Gasteiger partial charge in [-0.25, -0.2) is 0 Å². The first-order valence-corrected chi connectivity index (χ1v) is 7.02. The van der Waals surface area contributed by atoms with Gasteiger partial charge in [0.1, 0.15) is 17.1 Å². The van der Waals surface area contributed by atoms with Crippen LogP contribution in [0.3, 0.4) is 0 Å². The molecule has 0 radical (unpaired) electrons. The van der Waals surface area contributed by atoms with Crippen molar-refractivity contribution in [1.29, 1.82) is 5.26 Å². The fourth-order valence-corrected chi connectivity index (χ4v) is 2.38. The first-order chi connectivity index (χ1) is 9.52. The largest absolute Gasteiger partial charge is 0.493 e. The van der Waals surface area contributed by atoms with Crippen LogP contribution in [0.25, 0.3) is 0 Å². The molecular formula is C16H21NO3. The number of hydrogen-bond donors (Lipinski definition) is 1. The van der Waals surface area contributed by atoms with E-state index < -0.39 is 6.10 Å². The van der Waals surface area contributed by atoms with Crippen LogP contribution < -0.4 is 9.47 Å². The van der Waals surface area contributed by atoms with Crippen LogP contribution in [0.5, 0.6) is 11.5 Å². The van der Waals surface area contributed by atoms with Gasteiger partial charge in [0, 0.05) is 24.5 Å². The average Bonchev–Trinajstić information content (AvgIpc) is 2.36. The molecule has 0 spiro atoms. The zero-order chi connectivity index (χ0) is 14.6. The smallest absolute Gasteiger partial charge is 0.129 e. The molecule has 1 aliphatic heterocycles. The average molecular weight is 275 g/mol. The molecule has 0 aliphatic carbocycles. The van der Waals surface area contributed by atoms with Crippen molar-refractivity contribution < 1.29 is 14.6 Å². The predicted octanol–water partition coefficient (Wildman–Crippen LogP) is 3.35. The van der Waals surface area contributed by atoms with Crippen molar-refractivity contribution in [3.8, 4) is 17.6 Å². The molecule has 4 nitrogen and oxygen atoms in total. The molecule has 1 atom stereocenters. The third kappa shape index (κ3) is 3.64. The van der Waals surface area contributed by atoms with Crippen molar-refractivity contribution in [1.82, 2.24) is 0 Å². The Morgan fingerprint density at radius 1 is 1.45 bits per heavy atom.